The smallest absolute Gasteiger partial charge is 0.328 e. The average molecular weight is 336 g/mol. The Kier molecular flexibility index (Phi) is 5.88. The monoisotopic (exact) mass is 336 g/mol. The maximum absolute atomic E-state index is 11.7. The summed E-state index contributed by atoms with van der Waals surface area (Å²) >= 11 is 0. The lowest BCUT2D eigenvalue weighted by Gasteiger charge is -2.12. The number of amides is 2. The van der Waals surface area contributed by atoms with Gasteiger partial charge in [-0.25, -0.2) is 9.59 Å². The highest BCUT2D eigenvalue weighted by Gasteiger charge is 2.17. The molecule has 2 rings (SSSR count). The number of aromatic nitrogens is 4. The van der Waals surface area contributed by atoms with Gasteiger partial charge < -0.3 is 19.9 Å². The summed E-state index contributed by atoms with van der Waals surface area (Å²) in [5, 5.41) is 13.0. The molecule has 0 fully saturated rings. The van der Waals surface area contributed by atoms with Crippen molar-refractivity contribution in [3.8, 4) is 11.4 Å². The number of ether oxygens (including phenoxy) is 1. The summed E-state index contributed by atoms with van der Waals surface area (Å²) in [7, 11) is 0. The number of urea groups is 1. The summed E-state index contributed by atoms with van der Waals surface area (Å²) in [5.74, 6) is 0.139. The molecule has 2 aromatic rings. The summed E-state index contributed by atoms with van der Waals surface area (Å²) < 4.78 is 11.6. The summed E-state index contributed by atoms with van der Waals surface area (Å²) in [5.41, 5.74) is 0.729. The van der Waals surface area contributed by atoms with E-state index >= 15 is 0 Å². The van der Waals surface area contributed by atoms with Crippen LogP contribution in [0.2, 0.25) is 0 Å². The Bertz CT molecular complexity index is 695. The lowest BCUT2D eigenvalue weighted by atomic mass is 10.3. The van der Waals surface area contributed by atoms with Crippen molar-refractivity contribution in [3.63, 3.8) is 0 Å². The first-order valence-electron chi connectivity index (χ1n) is 7.59. The average Bonchev–Trinajstić information content (AvgIpc) is 3.21. The first-order valence-corrected chi connectivity index (χ1v) is 7.59. The zero-order valence-corrected chi connectivity index (χ0v) is 13.8. The van der Waals surface area contributed by atoms with Crippen molar-refractivity contribution < 1.29 is 18.8 Å². The van der Waals surface area contributed by atoms with E-state index in [9.17, 15) is 9.59 Å². The number of hydrogen-bond acceptors (Lipinski definition) is 7. The molecule has 0 radical (unpaired) electrons. The number of nitrogens with one attached hydrogen (secondary N) is 2. The fourth-order valence-corrected chi connectivity index (χ4v) is 1.83. The van der Waals surface area contributed by atoms with Gasteiger partial charge in [0.1, 0.15) is 6.04 Å². The highest BCUT2D eigenvalue weighted by Crippen LogP contribution is 2.14. The molecule has 10 heteroatoms. The number of rotatable bonds is 7. The molecule has 130 valence electrons. The number of carbonyl (C=O) groups excluding carboxylic acids is 2. The summed E-state index contributed by atoms with van der Waals surface area (Å²) in [6.07, 6.45) is 3.44. The third-order valence-corrected chi connectivity index (χ3v) is 3.07. The lowest BCUT2D eigenvalue weighted by Crippen LogP contribution is -2.44. The molecule has 0 aliphatic rings. The second-order valence-electron chi connectivity index (χ2n) is 4.90. The standard InChI is InChI=1S/C14H20N6O4/c1-4-20-8-10(6-16-20)12-18-11(24-19-12)7-15-14(22)17-9(3)13(21)23-5-2/h6,8-9H,4-5,7H2,1-3H3,(H2,15,17,22). The molecule has 2 heterocycles. The molecule has 0 bridgehead atoms. The molecule has 1 unspecified atom stereocenters. The van der Waals surface area contributed by atoms with Crippen LogP contribution in [0, 0.1) is 0 Å². The Balaban J connectivity index is 1.84. The van der Waals surface area contributed by atoms with Crippen molar-refractivity contribution in [1.29, 1.82) is 0 Å². The Morgan fingerprint density at radius 2 is 2.21 bits per heavy atom. The highest BCUT2D eigenvalue weighted by molar-refractivity contribution is 5.83. The predicted octanol–water partition coefficient (Wildman–Crippen LogP) is 0.704. The van der Waals surface area contributed by atoms with E-state index in [4.69, 9.17) is 9.26 Å². The molecule has 0 aliphatic heterocycles. The van der Waals surface area contributed by atoms with Crippen LogP contribution in [-0.4, -0.2) is 44.6 Å². The molecule has 2 N–H and O–H groups in total. The van der Waals surface area contributed by atoms with E-state index in [0.717, 1.165) is 12.1 Å². The molecule has 2 aromatic heterocycles. The van der Waals surface area contributed by atoms with Gasteiger partial charge in [-0.05, 0) is 20.8 Å². The van der Waals surface area contributed by atoms with Gasteiger partial charge in [-0.3, -0.25) is 4.68 Å². The van der Waals surface area contributed by atoms with Gasteiger partial charge in [0.05, 0.1) is 24.9 Å². The van der Waals surface area contributed by atoms with Crippen molar-refractivity contribution in [1.82, 2.24) is 30.6 Å². The van der Waals surface area contributed by atoms with Crippen LogP contribution in [0.5, 0.6) is 0 Å². The van der Waals surface area contributed by atoms with Crippen LogP contribution in [-0.2, 0) is 22.6 Å². The molecule has 24 heavy (non-hydrogen) atoms. The van der Waals surface area contributed by atoms with Crippen molar-refractivity contribution in [2.45, 2.75) is 39.9 Å². The first-order chi connectivity index (χ1) is 11.5. The van der Waals surface area contributed by atoms with Gasteiger partial charge in [-0.15, -0.1) is 0 Å². The van der Waals surface area contributed by atoms with E-state index in [0.29, 0.717) is 5.82 Å². The van der Waals surface area contributed by atoms with Crippen molar-refractivity contribution >= 4 is 12.0 Å². The third-order valence-electron chi connectivity index (χ3n) is 3.07. The van der Waals surface area contributed by atoms with Gasteiger partial charge in [0.15, 0.2) is 0 Å². The zero-order valence-electron chi connectivity index (χ0n) is 13.8. The minimum absolute atomic E-state index is 0.0380. The molecule has 2 amide bonds. The molecular formula is C14H20N6O4. The molecule has 0 aliphatic carbocycles. The van der Waals surface area contributed by atoms with Gasteiger partial charge >= 0.3 is 12.0 Å². The van der Waals surface area contributed by atoms with Gasteiger partial charge in [0.2, 0.25) is 11.7 Å². The van der Waals surface area contributed by atoms with Crippen LogP contribution >= 0.6 is 0 Å². The Morgan fingerprint density at radius 3 is 2.88 bits per heavy atom. The lowest BCUT2D eigenvalue weighted by molar-refractivity contribution is -0.144. The number of carbonyl (C=O) groups is 2. The van der Waals surface area contributed by atoms with E-state index in [-0.39, 0.29) is 19.0 Å². The zero-order chi connectivity index (χ0) is 17.5. The summed E-state index contributed by atoms with van der Waals surface area (Å²) in [6, 6.07) is -1.28. The fraction of sp³-hybridized carbons (Fsp3) is 0.500. The molecule has 0 spiro atoms. The quantitative estimate of drug-likeness (QED) is 0.713. The number of esters is 1. The molecule has 0 saturated heterocycles. The van der Waals surface area contributed by atoms with E-state index in [1.165, 1.54) is 6.92 Å². The maximum atomic E-state index is 11.7. The third kappa shape index (κ3) is 4.54. The molecular weight excluding hydrogens is 316 g/mol. The van der Waals surface area contributed by atoms with Crippen molar-refractivity contribution in [2.24, 2.45) is 0 Å². The number of aryl methyl sites for hydroxylation is 1. The summed E-state index contributed by atoms with van der Waals surface area (Å²) in [4.78, 5) is 27.3. The maximum Gasteiger partial charge on any atom is 0.328 e. The van der Waals surface area contributed by atoms with Gasteiger partial charge in [0.25, 0.3) is 0 Å². The number of nitrogens with zero attached hydrogens (tertiary/aromatic N) is 4. The molecule has 10 nitrogen and oxygen atoms in total. The van der Waals surface area contributed by atoms with Crippen LogP contribution in [0.25, 0.3) is 11.4 Å². The minimum atomic E-state index is -0.747. The Morgan fingerprint density at radius 1 is 1.42 bits per heavy atom. The topological polar surface area (TPSA) is 124 Å². The van der Waals surface area contributed by atoms with E-state index < -0.39 is 18.0 Å². The van der Waals surface area contributed by atoms with Crippen LogP contribution < -0.4 is 10.6 Å². The highest BCUT2D eigenvalue weighted by atomic mass is 16.5. The molecule has 0 saturated carbocycles. The molecule has 0 aromatic carbocycles. The predicted molar refractivity (Wildman–Crippen MR) is 82.7 cm³/mol. The fourth-order valence-electron chi connectivity index (χ4n) is 1.83. The largest absolute Gasteiger partial charge is 0.464 e. The molecule has 1 atom stereocenters. The van der Waals surface area contributed by atoms with E-state index in [1.807, 2.05) is 6.92 Å². The summed E-state index contributed by atoms with van der Waals surface area (Å²) in [6.45, 7) is 6.24. The van der Waals surface area contributed by atoms with Crippen LogP contribution in [0.15, 0.2) is 16.9 Å². The van der Waals surface area contributed by atoms with Gasteiger partial charge in [0, 0.05) is 12.7 Å². The number of hydrogen-bond donors (Lipinski definition) is 2. The van der Waals surface area contributed by atoms with Crippen LogP contribution in [0.3, 0.4) is 0 Å². The SMILES string of the molecule is CCOC(=O)C(C)NC(=O)NCc1nc(-c2cnn(CC)c2)no1. The van der Waals surface area contributed by atoms with E-state index in [1.54, 1.807) is 24.0 Å². The van der Waals surface area contributed by atoms with Gasteiger partial charge in [-0.2, -0.15) is 10.1 Å². The first kappa shape index (κ1) is 17.4. The second kappa shape index (κ2) is 8.09. The Hall–Kier alpha value is -2.91. The normalized spacial score (nSPS) is 11.8. The van der Waals surface area contributed by atoms with Crippen LogP contribution in [0.4, 0.5) is 4.79 Å². The van der Waals surface area contributed by atoms with Crippen LogP contribution in [0.1, 0.15) is 26.7 Å². The van der Waals surface area contributed by atoms with Crippen molar-refractivity contribution in [2.75, 3.05) is 6.61 Å². The second-order valence-corrected chi connectivity index (χ2v) is 4.90. The van der Waals surface area contributed by atoms with Crippen molar-refractivity contribution in [3.05, 3.63) is 18.3 Å². The van der Waals surface area contributed by atoms with Gasteiger partial charge in [-0.1, -0.05) is 5.16 Å². The Labute approximate surface area is 138 Å². The minimum Gasteiger partial charge on any atom is -0.464 e. The van der Waals surface area contributed by atoms with E-state index in [2.05, 4.69) is 25.9 Å².